The zero-order valence-corrected chi connectivity index (χ0v) is 12.5. The molecule has 2 aliphatic rings. The van der Waals surface area contributed by atoms with Gasteiger partial charge in [0.05, 0.1) is 12.6 Å². The van der Waals surface area contributed by atoms with Crippen molar-refractivity contribution < 1.29 is 22.7 Å². The first-order valence-corrected chi connectivity index (χ1v) is 7.51. The van der Waals surface area contributed by atoms with Crippen molar-refractivity contribution in [1.29, 1.82) is 0 Å². The van der Waals surface area contributed by atoms with Crippen LogP contribution in [0.15, 0.2) is 16.9 Å². The number of pyridine rings is 1. The first-order chi connectivity index (χ1) is 10.8. The number of amides is 1. The summed E-state index contributed by atoms with van der Waals surface area (Å²) >= 11 is 0. The number of aromatic nitrogens is 1. The van der Waals surface area contributed by atoms with Crippen molar-refractivity contribution in [1.82, 2.24) is 9.88 Å². The second kappa shape index (κ2) is 5.67. The van der Waals surface area contributed by atoms with Crippen LogP contribution in [0, 0.1) is 0 Å². The maximum atomic E-state index is 12.9. The molecule has 1 aliphatic heterocycles. The zero-order chi connectivity index (χ0) is 16.8. The van der Waals surface area contributed by atoms with E-state index in [1.807, 2.05) is 0 Å². The average Bonchev–Trinajstić information content (AvgIpc) is 3.30. The Hall–Kier alpha value is -1.83. The van der Waals surface area contributed by atoms with Gasteiger partial charge in [-0.25, -0.2) is 0 Å². The lowest BCUT2D eigenvalue weighted by Crippen LogP contribution is -2.57. The van der Waals surface area contributed by atoms with E-state index >= 15 is 0 Å². The van der Waals surface area contributed by atoms with Crippen LogP contribution >= 0.6 is 0 Å². The highest BCUT2D eigenvalue weighted by Crippen LogP contribution is 2.38. The Labute approximate surface area is 130 Å². The van der Waals surface area contributed by atoms with E-state index in [4.69, 9.17) is 4.74 Å². The molecule has 1 saturated heterocycles. The summed E-state index contributed by atoms with van der Waals surface area (Å²) in [4.78, 5) is 28.3. The molecule has 126 valence electrons. The van der Waals surface area contributed by atoms with Crippen LogP contribution in [0.1, 0.15) is 41.7 Å². The SMILES string of the molecule is C[C@H]1[C@@H](C(F)(F)F)OCCN1C(=O)c1ccc(C2CC2)[nH]c1=O. The molecular formula is C15H17F3N2O3. The highest BCUT2D eigenvalue weighted by molar-refractivity contribution is 5.94. The minimum absolute atomic E-state index is 0.0242. The second-order valence-electron chi connectivity index (χ2n) is 6.00. The van der Waals surface area contributed by atoms with Gasteiger partial charge in [-0.2, -0.15) is 13.2 Å². The molecule has 0 bridgehead atoms. The average molecular weight is 330 g/mol. The Morgan fingerprint density at radius 2 is 2.04 bits per heavy atom. The van der Waals surface area contributed by atoms with Crippen LogP contribution in [0.25, 0.3) is 0 Å². The van der Waals surface area contributed by atoms with Crippen LogP contribution in [-0.4, -0.2) is 47.3 Å². The van der Waals surface area contributed by atoms with Crippen molar-refractivity contribution in [2.24, 2.45) is 0 Å². The van der Waals surface area contributed by atoms with Crippen molar-refractivity contribution in [3.8, 4) is 0 Å². The highest BCUT2D eigenvalue weighted by Gasteiger charge is 2.49. The Morgan fingerprint density at radius 1 is 1.35 bits per heavy atom. The molecule has 5 nitrogen and oxygen atoms in total. The molecule has 2 atom stereocenters. The number of ether oxygens (including phenoxy) is 1. The van der Waals surface area contributed by atoms with Crippen molar-refractivity contribution in [3.05, 3.63) is 33.7 Å². The maximum absolute atomic E-state index is 12.9. The lowest BCUT2D eigenvalue weighted by Gasteiger charge is -2.39. The van der Waals surface area contributed by atoms with E-state index in [0.29, 0.717) is 5.92 Å². The lowest BCUT2D eigenvalue weighted by molar-refractivity contribution is -0.246. The molecule has 0 aromatic carbocycles. The molecular weight excluding hydrogens is 313 g/mol. The fourth-order valence-corrected chi connectivity index (χ4v) is 2.88. The van der Waals surface area contributed by atoms with Gasteiger partial charge in [0.15, 0.2) is 6.10 Å². The number of hydrogen-bond donors (Lipinski definition) is 1. The van der Waals surface area contributed by atoms with Crippen LogP contribution in [0.3, 0.4) is 0 Å². The number of hydrogen-bond acceptors (Lipinski definition) is 3. The molecule has 1 aromatic heterocycles. The predicted octanol–water partition coefficient (Wildman–Crippen LogP) is 2.04. The Balaban J connectivity index is 1.83. The lowest BCUT2D eigenvalue weighted by atomic mass is 10.1. The van der Waals surface area contributed by atoms with Gasteiger partial charge in [0.25, 0.3) is 11.5 Å². The number of carbonyl (C=O) groups excluding carboxylic acids is 1. The number of alkyl halides is 3. The summed E-state index contributed by atoms with van der Waals surface area (Å²) in [5, 5.41) is 0. The largest absolute Gasteiger partial charge is 0.416 e. The molecule has 0 unspecified atom stereocenters. The smallest absolute Gasteiger partial charge is 0.365 e. The van der Waals surface area contributed by atoms with Crippen molar-refractivity contribution in [2.75, 3.05) is 13.2 Å². The molecule has 0 spiro atoms. The van der Waals surface area contributed by atoms with Crippen LogP contribution in [0.2, 0.25) is 0 Å². The summed E-state index contributed by atoms with van der Waals surface area (Å²) in [6.07, 6.45) is -4.60. The normalized spacial score (nSPS) is 25.5. The number of carbonyl (C=O) groups is 1. The third kappa shape index (κ3) is 3.12. The van der Waals surface area contributed by atoms with E-state index in [0.717, 1.165) is 23.4 Å². The Bertz CT molecular complexity index is 667. The summed E-state index contributed by atoms with van der Waals surface area (Å²) in [6.45, 7) is 1.09. The quantitative estimate of drug-likeness (QED) is 0.903. The molecule has 2 heterocycles. The minimum Gasteiger partial charge on any atom is -0.365 e. The number of nitrogens with one attached hydrogen (secondary N) is 1. The van der Waals surface area contributed by atoms with Crippen molar-refractivity contribution >= 4 is 5.91 Å². The van der Waals surface area contributed by atoms with E-state index in [2.05, 4.69) is 4.98 Å². The third-order valence-corrected chi connectivity index (χ3v) is 4.32. The molecule has 0 radical (unpaired) electrons. The van der Waals surface area contributed by atoms with Gasteiger partial charge in [0, 0.05) is 12.2 Å². The number of H-pyrrole nitrogens is 1. The summed E-state index contributed by atoms with van der Waals surface area (Å²) in [5.41, 5.74) is 0.0838. The summed E-state index contributed by atoms with van der Waals surface area (Å²) in [6, 6.07) is 1.89. The first kappa shape index (κ1) is 16.0. The third-order valence-electron chi connectivity index (χ3n) is 4.32. The highest BCUT2D eigenvalue weighted by atomic mass is 19.4. The van der Waals surface area contributed by atoms with E-state index in [1.165, 1.54) is 13.0 Å². The van der Waals surface area contributed by atoms with Crippen molar-refractivity contribution in [2.45, 2.75) is 44.0 Å². The second-order valence-corrected chi connectivity index (χ2v) is 6.00. The maximum Gasteiger partial charge on any atom is 0.416 e. The monoisotopic (exact) mass is 330 g/mol. The summed E-state index contributed by atoms with van der Waals surface area (Å²) in [7, 11) is 0. The molecule has 8 heteroatoms. The van der Waals surface area contributed by atoms with Crippen LogP contribution < -0.4 is 5.56 Å². The molecule has 2 fully saturated rings. The molecule has 23 heavy (non-hydrogen) atoms. The Morgan fingerprint density at radius 3 is 2.61 bits per heavy atom. The minimum atomic E-state index is -4.55. The van der Waals surface area contributed by atoms with Gasteiger partial charge in [-0.1, -0.05) is 0 Å². The van der Waals surface area contributed by atoms with E-state index < -0.39 is 29.8 Å². The van der Waals surface area contributed by atoms with Gasteiger partial charge in [0.1, 0.15) is 5.56 Å². The molecule has 1 aromatic rings. The van der Waals surface area contributed by atoms with Gasteiger partial charge >= 0.3 is 6.18 Å². The van der Waals surface area contributed by atoms with E-state index in [1.54, 1.807) is 6.07 Å². The van der Waals surface area contributed by atoms with E-state index in [9.17, 15) is 22.8 Å². The van der Waals surface area contributed by atoms with Gasteiger partial charge in [0.2, 0.25) is 0 Å². The number of morpholine rings is 1. The molecule has 1 saturated carbocycles. The van der Waals surface area contributed by atoms with Crippen molar-refractivity contribution in [3.63, 3.8) is 0 Å². The zero-order valence-electron chi connectivity index (χ0n) is 12.5. The van der Waals surface area contributed by atoms with E-state index in [-0.39, 0.29) is 18.7 Å². The van der Waals surface area contributed by atoms with Crippen LogP contribution in [-0.2, 0) is 4.74 Å². The molecule has 1 amide bonds. The van der Waals surface area contributed by atoms with Gasteiger partial charge in [-0.3, -0.25) is 9.59 Å². The van der Waals surface area contributed by atoms with Gasteiger partial charge < -0.3 is 14.6 Å². The van der Waals surface area contributed by atoms with Gasteiger partial charge in [-0.15, -0.1) is 0 Å². The van der Waals surface area contributed by atoms with Gasteiger partial charge in [-0.05, 0) is 37.8 Å². The first-order valence-electron chi connectivity index (χ1n) is 7.51. The summed E-state index contributed by atoms with van der Waals surface area (Å²) in [5.74, 6) is -0.373. The summed E-state index contributed by atoms with van der Waals surface area (Å²) < 4.78 is 43.5. The topological polar surface area (TPSA) is 62.4 Å². The number of nitrogens with zero attached hydrogens (tertiary/aromatic N) is 1. The van der Waals surface area contributed by atoms with Crippen LogP contribution in [0.4, 0.5) is 13.2 Å². The predicted molar refractivity (Wildman–Crippen MR) is 75.3 cm³/mol. The fraction of sp³-hybridized carbons (Fsp3) is 0.600. The number of halogens is 3. The van der Waals surface area contributed by atoms with Crippen LogP contribution in [0.5, 0.6) is 0 Å². The molecule has 1 aliphatic carbocycles. The standard InChI is InChI=1S/C15H17F3N2O3/c1-8-12(15(16,17)18)23-7-6-20(8)14(22)10-4-5-11(9-2-3-9)19-13(10)21/h4-5,8-9,12H,2-3,6-7H2,1H3,(H,19,21)/t8-,12-/m0/s1. The number of aromatic amines is 1. The Kier molecular flexibility index (Phi) is 3.95. The molecule has 3 rings (SSSR count). The molecule has 1 N–H and O–H groups in total. The fourth-order valence-electron chi connectivity index (χ4n) is 2.88. The number of rotatable bonds is 2.